The molecule has 110 valence electrons. The summed E-state index contributed by atoms with van der Waals surface area (Å²) in [4.78, 5) is 25.1. The number of likely N-dealkylation sites (tertiary alicyclic amines) is 1. The van der Waals surface area contributed by atoms with E-state index in [2.05, 4.69) is 5.32 Å². The lowest BCUT2D eigenvalue weighted by Crippen LogP contribution is -2.55. The molecule has 1 heterocycles. The van der Waals surface area contributed by atoms with Gasteiger partial charge in [0, 0.05) is 37.9 Å². The molecule has 1 aliphatic rings. The molecule has 19 heavy (non-hydrogen) atoms. The molecule has 1 rings (SSSR count). The lowest BCUT2D eigenvalue weighted by atomic mass is 9.88. The van der Waals surface area contributed by atoms with Crippen molar-refractivity contribution >= 4 is 11.8 Å². The average molecular weight is 270 g/mol. The third kappa shape index (κ3) is 4.49. The number of nitrogens with one attached hydrogen (secondary N) is 1. The number of amides is 2. The van der Waals surface area contributed by atoms with Crippen molar-refractivity contribution in [2.75, 3.05) is 13.1 Å². The lowest BCUT2D eigenvalue weighted by Gasteiger charge is -2.40. The number of aliphatic hydroxyl groups is 1. The van der Waals surface area contributed by atoms with Crippen LogP contribution in [-0.2, 0) is 9.59 Å². The Morgan fingerprint density at radius 1 is 1.37 bits per heavy atom. The zero-order valence-electron chi connectivity index (χ0n) is 12.3. The highest BCUT2D eigenvalue weighted by Crippen LogP contribution is 2.23. The molecule has 0 aliphatic carbocycles. The third-order valence-electron chi connectivity index (χ3n) is 3.66. The Balaban J connectivity index is 2.77. The van der Waals surface area contributed by atoms with Crippen molar-refractivity contribution in [1.29, 1.82) is 0 Å². The summed E-state index contributed by atoms with van der Waals surface area (Å²) in [5, 5.41) is 12.9. The van der Waals surface area contributed by atoms with Crippen LogP contribution < -0.4 is 5.32 Å². The fourth-order valence-corrected chi connectivity index (χ4v) is 2.69. The fourth-order valence-electron chi connectivity index (χ4n) is 2.69. The molecular formula is C14H26N2O3. The first kappa shape index (κ1) is 16.0. The van der Waals surface area contributed by atoms with Crippen LogP contribution in [0, 0.1) is 11.8 Å². The van der Waals surface area contributed by atoms with Gasteiger partial charge in [-0.3, -0.25) is 9.59 Å². The molecule has 5 heteroatoms. The van der Waals surface area contributed by atoms with Crippen molar-refractivity contribution in [2.45, 2.75) is 52.7 Å². The van der Waals surface area contributed by atoms with Crippen molar-refractivity contribution in [1.82, 2.24) is 10.2 Å². The van der Waals surface area contributed by atoms with E-state index in [1.165, 1.54) is 6.92 Å². The highest BCUT2D eigenvalue weighted by Gasteiger charge is 2.34. The maximum Gasteiger partial charge on any atom is 0.225 e. The van der Waals surface area contributed by atoms with Crippen molar-refractivity contribution < 1.29 is 14.7 Å². The van der Waals surface area contributed by atoms with Crippen molar-refractivity contribution in [3.05, 3.63) is 0 Å². The van der Waals surface area contributed by atoms with Gasteiger partial charge in [-0.1, -0.05) is 20.8 Å². The number of rotatable bonds is 4. The smallest absolute Gasteiger partial charge is 0.225 e. The first-order valence-electron chi connectivity index (χ1n) is 7.09. The van der Waals surface area contributed by atoms with E-state index in [0.717, 1.165) is 6.42 Å². The van der Waals surface area contributed by atoms with E-state index in [0.29, 0.717) is 19.5 Å². The van der Waals surface area contributed by atoms with Gasteiger partial charge in [0.25, 0.3) is 0 Å². The summed E-state index contributed by atoms with van der Waals surface area (Å²) in [6, 6.07) is -0.0554. The van der Waals surface area contributed by atoms with Crippen LogP contribution >= 0.6 is 0 Å². The number of hydrogen-bond donors (Lipinski definition) is 2. The van der Waals surface area contributed by atoms with Gasteiger partial charge >= 0.3 is 0 Å². The number of carbonyl (C=O) groups excluding carboxylic acids is 2. The third-order valence-corrected chi connectivity index (χ3v) is 3.66. The molecule has 5 nitrogen and oxygen atoms in total. The zero-order valence-corrected chi connectivity index (χ0v) is 12.3. The maximum atomic E-state index is 12.1. The van der Waals surface area contributed by atoms with Gasteiger partial charge in [0.1, 0.15) is 0 Å². The minimum Gasteiger partial charge on any atom is -0.393 e. The monoisotopic (exact) mass is 270 g/mol. The summed E-state index contributed by atoms with van der Waals surface area (Å²) < 4.78 is 0. The van der Waals surface area contributed by atoms with Crippen molar-refractivity contribution in [3.63, 3.8) is 0 Å². The van der Waals surface area contributed by atoms with E-state index < -0.39 is 6.10 Å². The van der Waals surface area contributed by atoms with E-state index in [1.807, 2.05) is 20.8 Å². The van der Waals surface area contributed by atoms with Crippen LogP contribution in [0.15, 0.2) is 0 Å². The topological polar surface area (TPSA) is 69.6 Å². The molecule has 0 aromatic heterocycles. The minimum atomic E-state index is -0.418. The highest BCUT2D eigenvalue weighted by molar-refractivity contribution is 5.78. The van der Waals surface area contributed by atoms with Crippen LogP contribution in [0.2, 0.25) is 0 Å². The second-order valence-electron chi connectivity index (χ2n) is 5.77. The Morgan fingerprint density at radius 2 is 2.00 bits per heavy atom. The summed E-state index contributed by atoms with van der Waals surface area (Å²) in [5.41, 5.74) is 0. The van der Waals surface area contributed by atoms with Gasteiger partial charge in [0.05, 0.1) is 6.10 Å². The van der Waals surface area contributed by atoms with E-state index in [9.17, 15) is 14.7 Å². The average Bonchev–Trinajstić information content (AvgIpc) is 2.35. The van der Waals surface area contributed by atoms with Gasteiger partial charge < -0.3 is 15.3 Å². The molecule has 2 amide bonds. The Bertz CT molecular complexity index is 331. The summed E-state index contributed by atoms with van der Waals surface area (Å²) in [5.74, 6) is -0.0225. The Morgan fingerprint density at radius 3 is 2.47 bits per heavy atom. The van der Waals surface area contributed by atoms with Crippen LogP contribution in [0.25, 0.3) is 0 Å². The Hall–Kier alpha value is -1.10. The molecule has 2 N–H and O–H groups in total. The van der Waals surface area contributed by atoms with E-state index >= 15 is 0 Å². The molecule has 3 unspecified atom stereocenters. The Labute approximate surface area is 115 Å². The maximum absolute atomic E-state index is 12.1. The van der Waals surface area contributed by atoms with Crippen LogP contribution in [-0.4, -0.2) is 47.1 Å². The zero-order chi connectivity index (χ0) is 14.6. The standard InChI is InChI=1S/C14H26N2O3/c1-5-13(18)11-6-12(15-10(4)17)8-16(7-11)14(19)9(2)3/h9,11-13,18H,5-8H2,1-4H3,(H,15,17). The molecule has 1 fully saturated rings. The van der Waals surface area contributed by atoms with Gasteiger partial charge in [0.15, 0.2) is 0 Å². The predicted molar refractivity (Wildman–Crippen MR) is 73.4 cm³/mol. The second kappa shape index (κ2) is 6.89. The molecule has 0 saturated carbocycles. The number of hydrogen-bond acceptors (Lipinski definition) is 3. The van der Waals surface area contributed by atoms with Gasteiger partial charge in [-0.25, -0.2) is 0 Å². The molecule has 1 aliphatic heterocycles. The molecule has 0 radical (unpaired) electrons. The van der Waals surface area contributed by atoms with Crippen molar-refractivity contribution in [2.24, 2.45) is 11.8 Å². The normalized spacial score (nSPS) is 25.3. The number of piperidine rings is 1. The molecular weight excluding hydrogens is 244 g/mol. The lowest BCUT2D eigenvalue weighted by molar-refractivity contribution is -0.138. The molecule has 0 spiro atoms. The quantitative estimate of drug-likeness (QED) is 0.792. The number of nitrogens with zero attached hydrogens (tertiary/aromatic N) is 1. The second-order valence-corrected chi connectivity index (χ2v) is 5.77. The first-order chi connectivity index (χ1) is 8.85. The SMILES string of the molecule is CCC(O)C1CC(NC(C)=O)CN(C(=O)C(C)C)C1. The van der Waals surface area contributed by atoms with Gasteiger partial charge in [-0.2, -0.15) is 0 Å². The van der Waals surface area contributed by atoms with E-state index in [1.54, 1.807) is 4.90 Å². The molecule has 0 aromatic rings. The van der Waals surface area contributed by atoms with Crippen LogP contribution in [0.1, 0.15) is 40.5 Å². The van der Waals surface area contributed by atoms with Crippen molar-refractivity contribution in [3.8, 4) is 0 Å². The predicted octanol–water partition coefficient (Wildman–Crippen LogP) is 0.766. The first-order valence-corrected chi connectivity index (χ1v) is 7.09. The van der Waals surface area contributed by atoms with Gasteiger partial charge in [0.2, 0.25) is 11.8 Å². The molecule has 0 aromatic carbocycles. The van der Waals surface area contributed by atoms with E-state index in [4.69, 9.17) is 0 Å². The van der Waals surface area contributed by atoms with E-state index in [-0.39, 0.29) is 29.7 Å². The summed E-state index contributed by atoms with van der Waals surface area (Å²) >= 11 is 0. The number of carbonyl (C=O) groups is 2. The summed E-state index contributed by atoms with van der Waals surface area (Å²) in [6.07, 6.45) is 0.983. The largest absolute Gasteiger partial charge is 0.393 e. The molecule has 3 atom stereocenters. The molecule has 1 saturated heterocycles. The fraction of sp³-hybridized carbons (Fsp3) is 0.857. The summed E-state index contributed by atoms with van der Waals surface area (Å²) in [7, 11) is 0. The van der Waals surface area contributed by atoms with Gasteiger partial charge in [-0.05, 0) is 12.8 Å². The highest BCUT2D eigenvalue weighted by atomic mass is 16.3. The molecule has 0 bridgehead atoms. The Kier molecular flexibility index (Phi) is 5.79. The van der Waals surface area contributed by atoms with Gasteiger partial charge in [-0.15, -0.1) is 0 Å². The number of aliphatic hydroxyl groups excluding tert-OH is 1. The van der Waals surface area contributed by atoms with Crippen LogP contribution in [0.3, 0.4) is 0 Å². The van der Waals surface area contributed by atoms with Crippen LogP contribution in [0.4, 0.5) is 0 Å². The minimum absolute atomic E-state index is 0.0401. The summed E-state index contributed by atoms with van der Waals surface area (Å²) in [6.45, 7) is 8.28. The van der Waals surface area contributed by atoms with Crippen LogP contribution in [0.5, 0.6) is 0 Å².